The van der Waals surface area contributed by atoms with Gasteiger partial charge in [-0.25, -0.2) is 9.59 Å². The van der Waals surface area contributed by atoms with Gasteiger partial charge < -0.3 is 20.5 Å². The van der Waals surface area contributed by atoms with E-state index in [1.54, 1.807) is 45.2 Å². The van der Waals surface area contributed by atoms with E-state index in [1.807, 2.05) is 0 Å². The number of hydrogen-bond donors (Lipinski definition) is 3. The first-order valence-corrected chi connectivity index (χ1v) is 7.51. The van der Waals surface area contributed by atoms with Crippen molar-refractivity contribution in [1.29, 1.82) is 0 Å². The van der Waals surface area contributed by atoms with E-state index in [9.17, 15) is 19.5 Å². The minimum atomic E-state index is -1.18. The Balaban J connectivity index is 2.61. The van der Waals surface area contributed by atoms with E-state index in [2.05, 4.69) is 15.6 Å². The summed E-state index contributed by atoms with van der Waals surface area (Å²) in [6.45, 7) is 6.54. The van der Waals surface area contributed by atoms with Crippen molar-refractivity contribution in [3.05, 3.63) is 30.1 Å². The van der Waals surface area contributed by atoms with E-state index in [1.165, 1.54) is 6.92 Å². The fourth-order valence-electron chi connectivity index (χ4n) is 1.77. The molecule has 0 aliphatic rings. The Bertz CT molecular complexity index is 583. The average molecular weight is 337 g/mol. The van der Waals surface area contributed by atoms with Gasteiger partial charge in [-0.15, -0.1) is 0 Å². The topological polar surface area (TPSA) is 118 Å². The lowest BCUT2D eigenvalue weighted by Crippen LogP contribution is -2.51. The van der Waals surface area contributed by atoms with E-state index in [0.29, 0.717) is 5.69 Å². The maximum Gasteiger partial charge on any atom is 0.408 e. The van der Waals surface area contributed by atoms with Gasteiger partial charge in [0, 0.05) is 18.3 Å². The number of ether oxygens (including phenoxy) is 1. The molecule has 0 radical (unpaired) electrons. The van der Waals surface area contributed by atoms with Gasteiger partial charge in [0.15, 0.2) is 0 Å². The smallest absolute Gasteiger partial charge is 0.408 e. The molecule has 0 fully saturated rings. The Kier molecular flexibility index (Phi) is 6.69. The summed E-state index contributed by atoms with van der Waals surface area (Å²) in [5, 5.41) is 14.0. The Morgan fingerprint density at radius 2 is 1.92 bits per heavy atom. The molecule has 0 aliphatic carbocycles. The number of hydrogen-bond acceptors (Lipinski definition) is 5. The molecule has 2 unspecified atom stereocenters. The zero-order valence-electron chi connectivity index (χ0n) is 14.2. The van der Waals surface area contributed by atoms with Crippen LogP contribution in [0.5, 0.6) is 0 Å². The number of carbonyl (C=O) groups is 3. The number of amides is 2. The normalized spacial score (nSPS) is 13.5. The van der Waals surface area contributed by atoms with Crippen LogP contribution in [0.4, 0.5) is 4.79 Å². The molecule has 8 heteroatoms. The van der Waals surface area contributed by atoms with Crippen LogP contribution in [0.15, 0.2) is 24.4 Å². The number of aromatic nitrogens is 1. The van der Waals surface area contributed by atoms with Gasteiger partial charge >= 0.3 is 12.1 Å². The van der Waals surface area contributed by atoms with E-state index >= 15 is 0 Å². The van der Waals surface area contributed by atoms with Crippen LogP contribution in [0.25, 0.3) is 0 Å². The Labute approximate surface area is 140 Å². The zero-order chi connectivity index (χ0) is 18.3. The predicted molar refractivity (Wildman–Crippen MR) is 86.3 cm³/mol. The Morgan fingerprint density at radius 3 is 2.42 bits per heavy atom. The maximum absolute atomic E-state index is 12.1. The van der Waals surface area contributed by atoms with Gasteiger partial charge in [-0.05, 0) is 39.8 Å². The number of rotatable bonds is 6. The van der Waals surface area contributed by atoms with Crippen LogP contribution < -0.4 is 10.6 Å². The molecule has 2 amide bonds. The second-order valence-corrected chi connectivity index (χ2v) is 6.29. The highest BCUT2D eigenvalue weighted by atomic mass is 16.6. The highest BCUT2D eigenvalue weighted by molar-refractivity contribution is 5.89. The molecule has 0 bridgehead atoms. The van der Waals surface area contributed by atoms with Crippen molar-refractivity contribution < 1.29 is 24.2 Å². The summed E-state index contributed by atoms with van der Waals surface area (Å²) in [4.78, 5) is 39.1. The first-order chi connectivity index (χ1) is 11.1. The lowest BCUT2D eigenvalue weighted by Gasteiger charge is -2.22. The minimum Gasteiger partial charge on any atom is -0.480 e. The van der Waals surface area contributed by atoms with Gasteiger partial charge in [0.1, 0.15) is 17.7 Å². The van der Waals surface area contributed by atoms with E-state index in [0.717, 1.165) is 0 Å². The number of carboxylic acid groups (broad SMARTS) is 1. The fourth-order valence-corrected chi connectivity index (χ4v) is 1.77. The average Bonchev–Trinajstić information content (AvgIpc) is 2.45. The molecule has 0 aromatic carbocycles. The zero-order valence-corrected chi connectivity index (χ0v) is 14.2. The van der Waals surface area contributed by atoms with Gasteiger partial charge in [-0.2, -0.15) is 0 Å². The Morgan fingerprint density at radius 1 is 1.25 bits per heavy atom. The third kappa shape index (κ3) is 7.08. The largest absolute Gasteiger partial charge is 0.480 e. The number of carbonyl (C=O) groups excluding carboxylic acids is 2. The second-order valence-electron chi connectivity index (χ2n) is 6.29. The van der Waals surface area contributed by atoms with Gasteiger partial charge in [0.25, 0.3) is 0 Å². The molecule has 2 atom stereocenters. The molecule has 1 heterocycles. The van der Waals surface area contributed by atoms with Crippen LogP contribution in [0, 0.1) is 0 Å². The molecule has 3 N–H and O–H groups in total. The molecule has 0 spiro atoms. The minimum absolute atomic E-state index is 0.0427. The van der Waals surface area contributed by atoms with Gasteiger partial charge in [-0.1, -0.05) is 6.07 Å². The van der Waals surface area contributed by atoms with E-state index < -0.39 is 35.7 Å². The van der Waals surface area contributed by atoms with Crippen LogP contribution in [-0.2, 0) is 20.7 Å². The quantitative estimate of drug-likeness (QED) is 0.715. The highest BCUT2D eigenvalue weighted by Gasteiger charge is 2.26. The number of pyridine rings is 1. The predicted octanol–water partition coefficient (Wildman–Crippen LogP) is 1.11. The number of carboxylic acids is 1. The van der Waals surface area contributed by atoms with Crippen molar-refractivity contribution in [2.45, 2.75) is 51.8 Å². The summed E-state index contributed by atoms with van der Waals surface area (Å²) in [6, 6.07) is 3.03. The van der Waals surface area contributed by atoms with Crippen LogP contribution in [-0.4, -0.2) is 45.7 Å². The monoisotopic (exact) mass is 337 g/mol. The van der Waals surface area contributed by atoms with Gasteiger partial charge in [0.2, 0.25) is 5.91 Å². The van der Waals surface area contributed by atoms with Crippen molar-refractivity contribution in [2.24, 2.45) is 0 Å². The standard InChI is InChI=1S/C16H23N3O5/c1-10(18-15(23)24-16(2,3)4)13(20)19-12(14(21)22)9-11-7-5-6-8-17-11/h5-8,10,12H,9H2,1-4H3,(H,18,23)(H,19,20)(H,21,22). The number of nitrogens with zero attached hydrogens (tertiary/aromatic N) is 1. The molecule has 8 nitrogen and oxygen atoms in total. The fraction of sp³-hybridized carbons (Fsp3) is 0.500. The summed E-state index contributed by atoms with van der Waals surface area (Å²) in [5.41, 5.74) is -0.152. The highest BCUT2D eigenvalue weighted by Crippen LogP contribution is 2.07. The number of nitrogens with one attached hydrogen (secondary N) is 2. The van der Waals surface area contributed by atoms with Crippen molar-refractivity contribution in [3.63, 3.8) is 0 Å². The molecule has 132 valence electrons. The van der Waals surface area contributed by atoms with E-state index in [4.69, 9.17) is 4.74 Å². The lowest BCUT2D eigenvalue weighted by atomic mass is 10.1. The summed E-state index contributed by atoms with van der Waals surface area (Å²) >= 11 is 0. The first-order valence-electron chi connectivity index (χ1n) is 7.51. The first kappa shape index (κ1) is 19.4. The molecular formula is C16H23N3O5. The van der Waals surface area contributed by atoms with E-state index in [-0.39, 0.29) is 6.42 Å². The summed E-state index contributed by atoms with van der Waals surface area (Å²) in [6.07, 6.45) is 0.839. The molecule has 24 heavy (non-hydrogen) atoms. The summed E-state index contributed by atoms with van der Waals surface area (Å²) in [7, 11) is 0. The summed E-state index contributed by atoms with van der Waals surface area (Å²) < 4.78 is 5.05. The molecule has 1 aromatic heterocycles. The van der Waals surface area contributed by atoms with Crippen molar-refractivity contribution in [1.82, 2.24) is 15.6 Å². The van der Waals surface area contributed by atoms with Crippen molar-refractivity contribution in [3.8, 4) is 0 Å². The number of aliphatic carboxylic acids is 1. The molecule has 0 saturated carbocycles. The van der Waals surface area contributed by atoms with Crippen LogP contribution in [0.2, 0.25) is 0 Å². The Hall–Kier alpha value is -2.64. The molecule has 1 rings (SSSR count). The van der Waals surface area contributed by atoms with Gasteiger partial charge in [-0.3, -0.25) is 9.78 Å². The lowest BCUT2D eigenvalue weighted by molar-refractivity contribution is -0.142. The van der Waals surface area contributed by atoms with Crippen molar-refractivity contribution >= 4 is 18.0 Å². The third-order valence-corrected chi connectivity index (χ3v) is 2.88. The van der Waals surface area contributed by atoms with Crippen molar-refractivity contribution in [2.75, 3.05) is 0 Å². The maximum atomic E-state index is 12.1. The van der Waals surface area contributed by atoms with Gasteiger partial charge in [0.05, 0.1) is 0 Å². The molecule has 0 saturated heterocycles. The number of alkyl carbamates (subject to hydrolysis) is 1. The van der Waals surface area contributed by atoms with Crippen LogP contribution in [0.3, 0.4) is 0 Å². The summed E-state index contributed by atoms with van der Waals surface area (Å²) in [5.74, 6) is -1.80. The van der Waals surface area contributed by atoms with Crippen LogP contribution >= 0.6 is 0 Å². The SMILES string of the molecule is CC(NC(=O)OC(C)(C)C)C(=O)NC(Cc1ccccn1)C(=O)O. The molecular weight excluding hydrogens is 314 g/mol. The molecule has 1 aromatic rings. The molecule has 0 aliphatic heterocycles. The third-order valence-electron chi connectivity index (χ3n) is 2.88. The van der Waals surface area contributed by atoms with Crippen LogP contribution in [0.1, 0.15) is 33.4 Å². The second kappa shape index (κ2) is 8.28.